The van der Waals surface area contributed by atoms with Gasteiger partial charge in [0.05, 0.1) is 0 Å². The third-order valence-corrected chi connectivity index (χ3v) is 4.00. The van der Waals surface area contributed by atoms with E-state index in [0.717, 1.165) is 44.3 Å². The van der Waals surface area contributed by atoms with Gasteiger partial charge < -0.3 is 14.8 Å². The number of hydrogen-bond donors (Lipinski definition) is 1. The molecule has 6 nitrogen and oxygen atoms in total. The normalized spacial score (nSPS) is 14.3. The lowest BCUT2D eigenvalue weighted by atomic mass is 10.2. The number of nitrogens with zero attached hydrogens (tertiary/aromatic N) is 5. The fourth-order valence-electron chi connectivity index (χ4n) is 2.88. The lowest BCUT2D eigenvalue weighted by molar-refractivity contribution is 0.637. The minimum atomic E-state index is 0.802. The van der Waals surface area contributed by atoms with Crippen LogP contribution < -0.4 is 10.2 Å². The molecule has 1 aliphatic rings. The number of rotatable bonds is 4. The van der Waals surface area contributed by atoms with Gasteiger partial charge in [0.2, 0.25) is 0 Å². The van der Waals surface area contributed by atoms with Crippen molar-refractivity contribution < 1.29 is 0 Å². The lowest BCUT2D eigenvalue weighted by Crippen LogP contribution is -2.41. The summed E-state index contributed by atoms with van der Waals surface area (Å²) in [4.78, 5) is 6.67. The molecule has 6 heteroatoms. The predicted molar refractivity (Wildman–Crippen MR) is 88.3 cm³/mol. The van der Waals surface area contributed by atoms with E-state index in [-0.39, 0.29) is 0 Å². The minimum Gasteiger partial charge on any atom is -0.354 e. The van der Waals surface area contributed by atoms with Gasteiger partial charge in [0.1, 0.15) is 12.2 Å². The van der Waals surface area contributed by atoms with E-state index in [1.54, 1.807) is 6.33 Å². The van der Waals surface area contributed by atoms with Crippen molar-refractivity contribution >= 4 is 11.6 Å². The summed E-state index contributed by atoms with van der Waals surface area (Å²) in [6.45, 7) is 4.71. The van der Waals surface area contributed by atoms with Crippen molar-refractivity contribution in [3.05, 3.63) is 42.0 Å². The quantitative estimate of drug-likeness (QED) is 0.686. The summed E-state index contributed by atoms with van der Waals surface area (Å²) in [6.07, 6.45) is 3.75. The molecule has 0 amide bonds. The number of guanidine groups is 1. The number of fused-ring (bicyclic) bond motifs is 1. The maximum atomic E-state index is 4.42. The fraction of sp³-hybridized carbons (Fsp3) is 0.438. The first kappa shape index (κ1) is 14.6. The first-order valence-electron chi connectivity index (χ1n) is 7.76. The van der Waals surface area contributed by atoms with Gasteiger partial charge >= 0.3 is 0 Å². The highest BCUT2D eigenvalue weighted by Crippen LogP contribution is 2.27. The van der Waals surface area contributed by atoms with Crippen molar-refractivity contribution in [1.29, 1.82) is 0 Å². The second kappa shape index (κ2) is 6.60. The number of aliphatic imine (C=N–C) groups is 1. The Hall–Kier alpha value is -2.37. The van der Waals surface area contributed by atoms with E-state index in [0.29, 0.717) is 0 Å². The molecular weight excluding hydrogens is 276 g/mol. The maximum Gasteiger partial charge on any atom is 0.198 e. The smallest absolute Gasteiger partial charge is 0.198 e. The minimum absolute atomic E-state index is 0.802. The van der Waals surface area contributed by atoms with Crippen LogP contribution >= 0.6 is 0 Å². The van der Waals surface area contributed by atoms with E-state index in [9.17, 15) is 0 Å². The molecule has 0 saturated carbocycles. The molecule has 3 rings (SSSR count). The number of aryl methyl sites for hydroxylation is 1. The van der Waals surface area contributed by atoms with Crippen molar-refractivity contribution in [3.8, 4) is 0 Å². The van der Waals surface area contributed by atoms with Crippen molar-refractivity contribution in [1.82, 2.24) is 20.1 Å². The molecule has 0 spiro atoms. The van der Waals surface area contributed by atoms with Crippen LogP contribution in [0.15, 0.2) is 35.6 Å². The summed E-state index contributed by atoms with van der Waals surface area (Å²) in [5.41, 5.74) is 2.65. The van der Waals surface area contributed by atoms with Gasteiger partial charge in [-0.05, 0) is 18.1 Å². The van der Waals surface area contributed by atoms with Crippen LogP contribution in [0.3, 0.4) is 0 Å². The van der Waals surface area contributed by atoms with E-state index in [2.05, 4.69) is 61.2 Å². The molecule has 0 aliphatic carbocycles. The zero-order chi connectivity index (χ0) is 15.4. The Balaban J connectivity index is 1.62. The van der Waals surface area contributed by atoms with E-state index < -0.39 is 0 Å². The third kappa shape index (κ3) is 2.81. The van der Waals surface area contributed by atoms with Gasteiger partial charge in [-0.25, -0.2) is 0 Å². The average molecular weight is 298 g/mol. The first-order chi connectivity index (χ1) is 10.8. The number of aromatic nitrogens is 3. The summed E-state index contributed by atoms with van der Waals surface area (Å²) in [5.74, 6) is 1.94. The van der Waals surface area contributed by atoms with Crippen LogP contribution in [0.1, 0.15) is 18.3 Å². The summed E-state index contributed by atoms with van der Waals surface area (Å²) in [6, 6.07) is 8.52. The summed E-state index contributed by atoms with van der Waals surface area (Å²) in [5, 5.41) is 11.5. The van der Waals surface area contributed by atoms with E-state index >= 15 is 0 Å². The molecule has 0 saturated heterocycles. The zero-order valence-electron chi connectivity index (χ0n) is 13.2. The van der Waals surface area contributed by atoms with E-state index in [4.69, 9.17) is 0 Å². The van der Waals surface area contributed by atoms with E-state index in [1.807, 2.05) is 7.05 Å². The van der Waals surface area contributed by atoms with Gasteiger partial charge in [-0.3, -0.25) is 4.99 Å². The number of benzene rings is 1. The highest BCUT2D eigenvalue weighted by atomic mass is 15.3. The number of nitrogens with one attached hydrogen (secondary N) is 1. The maximum absolute atomic E-state index is 4.42. The largest absolute Gasteiger partial charge is 0.354 e. The van der Waals surface area contributed by atoms with Crippen LogP contribution in [0, 0.1) is 0 Å². The SMILES string of the molecule is CCc1nncn1CCNC(=NC)N1CCc2ccccc21. The molecule has 116 valence electrons. The van der Waals surface area contributed by atoms with Crippen molar-refractivity contribution in [2.24, 2.45) is 4.99 Å². The molecule has 0 radical (unpaired) electrons. The number of para-hydroxylation sites is 1. The first-order valence-corrected chi connectivity index (χ1v) is 7.76. The molecule has 1 aromatic carbocycles. The van der Waals surface area contributed by atoms with Gasteiger partial charge in [0, 0.05) is 38.8 Å². The molecule has 0 bridgehead atoms. The van der Waals surface area contributed by atoms with Crippen LogP contribution in [0.25, 0.3) is 0 Å². The molecule has 1 N–H and O–H groups in total. The fourth-order valence-corrected chi connectivity index (χ4v) is 2.88. The molecule has 2 heterocycles. The third-order valence-electron chi connectivity index (χ3n) is 4.00. The molecule has 2 aromatic rings. The highest BCUT2D eigenvalue weighted by molar-refractivity contribution is 5.97. The van der Waals surface area contributed by atoms with Gasteiger partial charge in [0.25, 0.3) is 0 Å². The number of hydrogen-bond acceptors (Lipinski definition) is 3. The van der Waals surface area contributed by atoms with Crippen LogP contribution in [-0.4, -0.2) is 40.9 Å². The molecule has 22 heavy (non-hydrogen) atoms. The zero-order valence-corrected chi connectivity index (χ0v) is 13.2. The monoisotopic (exact) mass is 298 g/mol. The molecule has 0 fully saturated rings. The molecule has 1 aromatic heterocycles. The van der Waals surface area contributed by atoms with Gasteiger partial charge in [-0.15, -0.1) is 10.2 Å². The predicted octanol–water partition coefficient (Wildman–Crippen LogP) is 1.48. The van der Waals surface area contributed by atoms with Crippen LogP contribution in [-0.2, 0) is 19.4 Å². The number of anilines is 1. The van der Waals surface area contributed by atoms with Crippen molar-refractivity contribution in [2.45, 2.75) is 26.3 Å². The Kier molecular flexibility index (Phi) is 4.37. The molecule has 0 unspecified atom stereocenters. The molecule has 0 atom stereocenters. The molecular formula is C16H22N6. The lowest BCUT2D eigenvalue weighted by Gasteiger charge is -2.22. The average Bonchev–Trinajstić information content (AvgIpc) is 3.18. The Labute approximate surface area is 130 Å². The summed E-state index contributed by atoms with van der Waals surface area (Å²) >= 11 is 0. The van der Waals surface area contributed by atoms with Crippen LogP contribution in [0.4, 0.5) is 5.69 Å². The Bertz CT molecular complexity index is 660. The van der Waals surface area contributed by atoms with Crippen molar-refractivity contribution in [3.63, 3.8) is 0 Å². The summed E-state index contributed by atoms with van der Waals surface area (Å²) in [7, 11) is 1.83. The van der Waals surface area contributed by atoms with E-state index in [1.165, 1.54) is 11.3 Å². The van der Waals surface area contributed by atoms with Gasteiger partial charge in [0.15, 0.2) is 5.96 Å². The topological polar surface area (TPSA) is 58.3 Å². The second-order valence-corrected chi connectivity index (χ2v) is 5.30. The Morgan fingerprint density at radius 1 is 1.36 bits per heavy atom. The second-order valence-electron chi connectivity index (χ2n) is 5.30. The summed E-state index contributed by atoms with van der Waals surface area (Å²) < 4.78 is 2.08. The standard InChI is InChI=1S/C16H22N6/c1-3-15-20-19-12-21(15)11-9-18-16(17-2)22-10-8-13-6-4-5-7-14(13)22/h4-7,12H,3,8-11H2,1-2H3,(H,17,18). The Morgan fingerprint density at radius 2 is 2.23 bits per heavy atom. The van der Waals surface area contributed by atoms with Crippen LogP contribution in [0.2, 0.25) is 0 Å². The highest BCUT2D eigenvalue weighted by Gasteiger charge is 2.22. The van der Waals surface area contributed by atoms with Gasteiger partial charge in [-0.1, -0.05) is 25.1 Å². The van der Waals surface area contributed by atoms with Gasteiger partial charge in [-0.2, -0.15) is 0 Å². The van der Waals surface area contributed by atoms with Crippen molar-refractivity contribution in [2.75, 3.05) is 25.0 Å². The van der Waals surface area contributed by atoms with Crippen LogP contribution in [0.5, 0.6) is 0 Å². The molecule has 1 aliphatic heterocycles. The Morgan fingerprint density at radius 3 is 3.05 bits per heavy atom.